The highest BCUT2D eigenvalue weighted by Gasteiger charge is 2.67. The fourth-order valence-corrected chi connectivity index (χ4v) is 7.12. The molecule has 132 valence electrons. The molecule has 0 radical (unpaired) electrons. The second-order valence-electron chi connectivity index (χ2n) is 7.61. The smallest absolute Gasteiger partial charge is 0.245 e. The molecule has 0 aromatic carbocycles. The second kappa shape index (κ2) is 6.08. The van der Waals surface area contributed by atoms with E-state index in [1.165, 1.54) is 4.90 Å². The molecule has 3 amide bonds. The van der Waals surface area contributed by atoms with Gasteiger partial charge in [0.15, 0.2) is 0 Å². The third-order valence-electron chi connectivity index (χ3n) is 6.43. The number of hydrogen-bond donors (Lipinski definition) is 0. The highest BCUT2D eigenvalue weighted by atomic mass is 79.9. The average Bonchev–Trinajstić information content (AvgIpc) is 3.19. The number of fused-ring (bicyclic) bond motifs is 5. The maximum atomic E-state index is 13.0. The Bertz CT molecular complexity index is 560. The molecule has 2 bridgehead atoms. The number of carbonyl (C=O) groups is 3. The third-order valence-corrected chi connectivity index (χ3v) is 9.64. The zero-order valence-corrected chi connectivity index (χ0v) is 16.8. The van der Waals surface area contributed by atoms with Crippen molar-refractivity contribution in [1.29, 1.82) is 0 Å². The van der Waals surface area contributed by atoms with Gasteiger partial charge < -0.3 is 4.90 Å². The van der Waals surface area contributed by atoms with Gasteiger partial charge in [-0.2, -0.15) is 0 Å². The predicted octanol–water partition coefficient (Wildman–Crippen LogP) is 2.17. The number of halogens is 2. The van der Waals surface area contributed by atoms with E-state index in [1.807, 2.05) is 4.90 Å². The van der Waals surface area contributed by atoms with Gasteiger partial charge in [0.2, 0.25) is 17.7 Å². The maximum Gasteiger partial charge on any atom is 0.245 e. The first-order chi connectivity index (χ1) is 11.4. The zero-order chi connectivity index (χ0) is 17.2. The van der Waals surface area contributed by atoms with Crippen LogP contribution in [-0.4, -0.2) is 56.3 Å². The van der Waals surface area contributed by atoms with Crippen molar-refractivity contribution in [2.75, 3.05) is 13.1 Å². The van der Waals surface area contributed by atoms with E-state index < -0.39 is 6.04 Å². The molecule has 5 nitrogen and oxygen atoms in total. The molecule has 4 aliphatic rings. The number of rotatable bonds is 2. The van der Waals surface area contributed by atoms with Crippen LogP contribution in [0.15, 0.2) is 0 Å². The lowest BCUT2D eigenvalue weighted by Gasteiger charge is -2.32. The van der Waals surface area contributed by atoms with Crippen LogP contribution in [0.5, 0.6) is 0 Å². The Morgan fingerprint density at radius 3 is 2.00 bits per heavy atom. The number of likely N-dealkylation sites (tertiary alicyclic amines) is 2. The van der Waals surface area contributed by atoms with Crippen LogP contribution in [0, 0.1) is 23.7 Å². The second-order valence-corrected chi connectivity index (χ2v) is 9.73. The van der Waals surface area contributed by atoms with Crippen molar-refractivity contribution in [2.45, 2.75) is 48.3 Å². The Hall–Kier alpha value is -0.430. The topological polar surface area (TPSA) is 57.7 Å². The normalized spacial score (nSPS) is 42.6. The molecule has 0 aromatic rings. The van der Waals surface area contributed by atoms with Crippen LogP contribution < -0.4 is 0 Å². The van der Waals surface area contributed by atoms with Crippen molar-refractivity contribution in [3.8, 4) is 0 Å². The molecule has 4 rings (SSSR count). The van der Waals surface area contributed by atoms with Crippen molar-refractivity contribution < 1.29 is 14.4 Å². The molecule has 2 saturated carbocycles. The molecule has 2 aliphatic heterocycles. The van der Waals surface area contributed by atoms with E-state index >= 15 is 0 Å². The summed E-state index contributed by atoms with van der Waals surface area (Å²) in [5, 5.41) is 0. The highest BCUT2D eigenvalue weighted by molar-refractivity contribution is 9.12. The van der Waals surface area contributed by atoms with Gasteiger partial charge in [0.05, 0.1) is 11.8 Å². The van der Waals surface area contributed by atoms with E-state index in [2.05, 4.69) is 31.9 Å². The van der Waals surface area contributed by atoms with Gasteiger partial charge in [-0.3, -0.25) is 19.3 Å². The minimum atomic E-state index is -0.671. The van der Waals surface area contributed by atoms with Crippen LogP contribution in [0.4, 0.5) is 0 Å². The summed E-state index contributed by atoms with van der Waals surface area (Å²) < 4.78 is 0. The monoisotopic (exact) mass is 460 g/mol. The Balaban J connectivity index is 1.56. The Morgan fingerprint density at radius 2 is 1.50 bits per heavy atom. The first-order valence-corrected chi connectivity index (χ1v) is 10.7. The summed E-state index contributed by atoms with van der Waals surface area (Å²) in [4.78, 5) is 42.3. The van der Waals surface area contributed by atoms with Gasteiger partial charge in [0.1, 0.15) is 6.04 Å². The number of hydrogen-bond acceptors (Lipinski definition) is 3. The van der Waals surface area contributed by atoms with Crippen molar-refractivity contribution in [1.82, 2.24) is 9.80 Å². The summed E-state index contributed by atoms with van der Waals surface area (Å²) >= 11 is 7.38. The van der Waals surface area contributed by atoms with Crippen LogP contribution >= 0.6 is 31.9 Å². The number of imide groups is 1. The molecule has 7 atom stereocenters. The fraction of sp³-hybridized carbons (Fsp3) is 0.824. The van der Waals surface area contributed by atoms with E-state index in [0.29, 0.717) is 0 Å². The van der Waals surface area contributed by atoms with Gasteiger partial charge in [-0.05, 0) is 44.4 Å². The van der Waals surface area contributed by atoms with E-state index in [1.54, 1.807) is 6.92 Å². The zero-order valence-electron chi connectivity index (χ0n) is 13.7. The van der Waals surface area contributed by atoms with Crippen LogP contribution in [0.2, 0.25) is 0 Å². The Labute approximate surface area is 158 Å². The third kappa shape index (κ3) is 2.26. The fourth-order valence-electron chi connectivity index (χ4n) is 5.24. The summed E-state index contributed by atoms with van der Waals surface area (Å²) in [7, 11) is 0. The van der Waals surface area contributed by atoms with Gasteiger partial charge in [0.25, 0.3) is 0 Å². The van der Waals surface area contributed by atoms with Gasteiger partial charge in [-0.25, -0.2) is 0 Å². The lowest BCUT2D eigenvalue weighted by Crippen LogP contribution is -2.51. The quantitative estimate of drug-likeness (QED) is 0.467. The van der Waals surface area contributed by atoms with Gasteiger partial charge >= 0.3 is 0 Å². The standard InChI is InChI=1S/C17H22Br2N2O3/c1-8(15(22)20-5-3-2-4-6-20)21-16(23)11-9-7-10(12(11)17(21)24)14(19)13(9)18/h8-14H,2-7H2,1H3/t8-,9-,10-,11-,12-,13-,14+/m1/s1. The molecule has 0 aromatic heterocycles. The molecule has 2 aliphatic carbocycles. The molecule has 7 heteroatoms. The van der Waals surface area contributed by atoms with E-state index in [0.717, 1.165) is 38.8 Å². The van der Waals surface area contributed by atoms with Crippen LogP contribution in [-0.2, 0) is 14.4 Å². The van der Waals surface area contributed by atoms with Crippen LogP contribution in [0.25, 0.3) is 0 Å². The summed E-state index contributed by atoms with van der Waals surface area (Å²) in [6, 6.07) is -0.671. The Morgan fingerprint density at radius 1 is 1.00 bits per heavy atom. The molecular weight excluding hydrogens is 440 g/mol. The van der Waals surface area contributed by atoms with Gasteiger partial charge in [-0.15, -0.1) is 0 Å². The minimum Gasteiger partial charge on any atom is -0.341 e. The molecule has 24 heavy (non-hydrogen) atoms. The first-order valence-electron chi connectivity index (χ1n) is 8.87. The van der Waals surface area contributed by atoms with Crippen LogP contribution in [0.1, 0.15) is 32.6 Å². The number of alkyl halides is 2. The summed E-state index contributed by atoms with van der Waals surface area (Å²) in [6.45, 7) is 3.20. The molecule has 0 N–H and O–H groups in total. The lowest BCUT2D eigenvalue weighted by molar-refractivity contribution is -0.152. The number of amides is 3. The average molecular weight is 462 g/mol. The predicted molar refractivity (Wildman–Crippen MR) is 95.8 cm³/mol. The largest absolute Gasteiger partial charge is 0.341 e. The van der Waals surface area contributed by atoms with E-state index in [4.69, 9.17) is 0 Å². The first kappa shape index (κ1) is 17.0. The molecule has 0 spiro atoms. The molecule has 2 heterocycles. The minimum absolute atomic E-state index is 0.0745. The van der Waals surface area contributed by atoms with Gasteiger partial charge in [0, 0.05) is 22.7 Å². The summed E-state index contributed by atoms with van der Waals surface area (Å²) in [5.41, 5.74) is 0. The van der Waals surface area contributed by atoms with Crippen molar-refractivity contribution >= 4 is 49.6 Å². The van der Waals surface area contributed by atoms with E-state index in [9.17, 15) is 14.4 Å². The Kier molecular flexibility index (Phi) is 4.31. The van der Waals surface area contributed by atoms with E-state index in [-0.39, 0.29) is 51.0 Å². The van der Waals surface area contributed by atoms with Crippen molar-refractivity contribution in [3.63, 3.8) is 0 Å². The lowest BCUT2D eigenvalue weighted by atomic mass is 9.81. The molecule has 4 fully saturated rings. The highest BCUT2D eigenvalue weighted by Crippen LogP contribution is 2.60. The van der Waals surface area contributed by atoms with Gasteiger partial charge in [-0.1, -0.05) is 31.9 Å². The van der Waals surface area contributed by atoms with Crippen LogP contribution in [0.3, 0.4) is 0 Å². The summed E-state index contributed by atoms with van der Waals surface area (Å²) in [6.07, 6.45) is 4.08. The number of carbonyl (C=O) groups excluding carboxylic acids is 3. The van der Waals surface area contributed by atoms with Crippen molar-refractivity contribution in [3.05, 3.63) is 0 Å². The summed E-state index contributed by atoms with van der Waals surface area (Å²) in [5.74, 6) is -0.409. The molecular formula is C17H22Br2N2O3. The SMILES string of the molecule is C[C@H](C(=O)N1CCCCC1)N1C(=O)[C@@H]2[C@H]3C[C@@H]([C@@H](Br)[C@H]3Br)[C@H]2C1=O. The van der Waals surface area contributed by atoms with Crippen molar-refractivity contribution in [2.24, 2.45) is 23.7 Å². The maximum absolute atomic E-state index is 13.0. The number of nitrogens with zero attached hydrogens (tertiary/aromatic N) is 2. The molecule has 0 unspecified atom stereocenters. The number of piperidine rings is 1. The molecule has 2 saturated heterocycles.